The van der Waals surface area contributed by atoms with Gasteiger partial charge in [0.25, 0.3) is 0 Å². The van der Waals surface area contributed by atoms with Crippen LogP contribution in [-0.2, 0) is 14.3 Å². The summed E-state index contributed by atoms with van der Waals surface area (Å²) in [6, 6.07) is 0. The lowest BCUT2D eigenvalue weighted by molar-refractivity contribution is -0.163. The molecule has 1 heterocycles. The maximum atomic E-state index is 12.2. The topological polar surface area (TPSA) is 43.4 Å². The zero-order valence-corrected chi connectivity index (χ0v) is 10.3. The SMILES string of the molecule is C[C@@H]1C=C[C@@H]2C(=O)[C@@H](C)C[C@H]3OCC(=O)[C@@H]1[C@@H]23. The summed E-state index contributed by atoms with van der Waals surface area (Å²) < 4.78 is 5.66. The third-order valence-electron chi connectivity index (χ3n) is 4.66. The number of hydrogen-bond acceptors (Lipinski definition) is 3. The monoisotopic (exact) mass is 234 g/mol. The first-order chi connectivity index (χ1) is 8.09. The van der Waals surface area contributed by atoms with Gasteiger partial charge in [-0.15, -0.1) is 0 Å². The quantitative estimate of drug-likeness (QED) is 0.598. The van der Waals surface area contributed by atoms with Crippen molar-refractivity contribution in [3.8, 4) is 0 Å². The van der Waals surface area contributed by atoms with Crippen LogP contribution in [0.5, 0.6) is 0 Å². The molecule has 0 radical (unpaired) electrons. The van der Waals surface area contributed by atoms with Crippen molar-refractivity contribution in [2.45, 2.75) is 26.4 Å². The van der Waals surface area contributed by atoms with E-state index >= 15 is 0 Å². The molecule has 17 heavy (non-hydrogen) atoms. The van der Waals surface area contributed by atoms with Crippen molar-refractivity contribution < 1.29 is 14.3 Å². The van der Waals surface area contributed by atoms with E-state index in [1.165, 1.54) is 0 Å². The molecule has 1 saturated carbocycles. The maximum absolute atomic E-state index is 12.2. The fraction of sp³-hybridized carbons (Fsp3) is 0.714. The lowest BCUT2D eigenvalue weighted by Gasteiger charge is -2.48. The number of hydrogen-bond donors (Lipinski definition) is 0. The number of rotatable bonds is 0. The molecule has 1 saturated heterocycles. The van der Waals surface area contributed by atoms with Crippen molar-refractivity contribution in [1.82, 2.24) is 0 Å². The van der Waals surface area contributed by atoms with Crippen LogP contribution >= 0.6 is 0 Å². The number of allylic oxidation sites excluding steroid dienone is 2. The fourth-order valence-corrected chi connectivity index (χ4v) is 3.79. The van der Waals surface area contributed by atoms with Crippen LogP contribution in [0.3, 0.4) is 0 Å². The molecule has 3 rings (SSSR count). The summed E-state index contributed by atoms with van der Waals surface area (Å²) in [4.78, 5) is 24.2. The molecule has 0 bridgehead atoms. The van der Waals surface area contributed by atoms with Crippen LogP contribution in [0.4, 0.5) is 0 Å². The summed E-state index contributed by atoms with van der Waals surface area (Å²) in [5.41, 5.74) is 0. The summed E-state index contributed by atoms with van der Waals surface area (Å²) in [6.45, 7) is 4.27. The third-order valence-corrected chi connectivity index (χ3v) is 4.66. The molecule has 0 N–H and O–H groups in total. The zero-order chi connectivity index (χ0) is 12.2. The highest BCUT2D eigenvalue weighted by Gasteiger charge is 2.52. The van der Waals surface area contributed by atoms with Crippen molar-refractivity contribution in [2.75, 3.05) is 6.61 Å². The molecule has 0 unspecified atom stereocenters. The fourth-order valence-electron chi connectivity index (χ4n) is 3.79. The third kappa shape index (κ3) is 1.52. The second-order valence-corrected chi connectivity index (χ2v) is 5.73. The lowest BCUT2D eigenvalue weighted by Crippen LogP contribution is -2.55. The van der Waals surface area contributed by atoms with Crippen LogP contribution in [0.1, 0.15) is 20.3 Å². The largest absolute Gasteiger partial charge is 0.370 e. The molecular weight excluding hydrogens is 216 g/mol. The van der Waals surface area contributed by atoms with Gasteiger partial charge in [0.2, 0.25) is 0 Å². The Balaban J connectivity index is 2.02. The minimum atomic E-state index is -0.0887. The Labute approximate surface area is 101 Å². The van der Waals surface area contributed by atoms with Gasteiger partial charge in [-0.05, 0) is 12.3 Å². The van der Waals surface area contributed by atoms with Crippen LogP contribution in [0.15, 0.2) is 12.2 Å². The molecule has 92 valence electrons. The molecule has 3 aliphatic rings. The average molecular weight is 234 g/mol. The first-order valence-electron chi connectivity index (χ1n) is 6.46. The van der Waals surface area contributed by atoms with E-state index in [0.717, 1.165) is 6.42 Å². The first kappa shape index (κ1) is 11.1. The second kappa shape index (κ2) is 3.77. The molecule has 0 spiro atoms. The van der Waals surface area contributed by atoms with E-state index in [2.05, 4.69) is 6.92 Å². The van der Waals surface area contributed by atoms with Crippen molar-refractivity contribution in [2.24, 2.45) is 29.6 Å². The van der Waals surface area contributed by atoms with E-state index in [9.17, 15) is 9.59 Å². The van der Waals surface area contributed by atoms with Gasteiger partial charge in [-0.25, -0.2) is 0 Å². The van der Waals surface area contributed by atoms with Gasteiger partial charge in [0.1, 0.15) is 12.4 Å². The summed E-state index contributed by atoms with van der Waals surface area (Å²) in [6.07, 6.45) is 4.94. The number of carbonyl (C=O) groups is 2. The van der Waals surface area contributed by atoms with Crippen molar-refractivity contribution in [1.29, 1.82) is 0 Å². The number of carbonyl (C=O) groups excluding carboxylic acids is 2. The molecule has 3 nitrogen and oxygen atoms in total. The summed E-state index contributed by atoms with van der Waals surface area (Å²) in [5.74, 6) is 0.784. The number of ether oxygens (including phenoxy) is 1. The summed E-state index contributed by atoms with van der Waals surface area (Å²) >= 11 is 0. The van der Waals surface area contributed by atoms with Gasteiger partial charge >= 0.3 is 0 Å². The standard InChI is InChI=1S/C14H18O3/c1-7-3-4-9-13-11(5-8(2)14(9)16)17-6-10(15)12(7)13/h3-4,7-9,11-13H,5-6H2,1-2H3/t7-,8+,9+,11-,12-,13+/m1/s1. The molecule has 2 fully saturated rings. The lowest BCUT2D eigenvalue weighted by atomic mass is 9.59. The molecule has 1 aliphatic heterocycles. The highest BCUT2D eigenvalue weighted by atomic mass is 16.5. The van der Waals surface area contributed by atoms with Crippen LogP contribution in [0.2, 0.25) is 0 Å². The predicted molar refractivity (Wildman–Crippen MR) is 62.3 cm³/mol. The Hall–Kier alpha value is -0.960. The van der Waals surface area contributed by atoms with Gasteiger partial charge in [-0.1, -0.05) is 26.0 Å². The molecule has 0 aromatic rings. The van der Waals surface area contributed by atoms with E-state index < -0.39 is 0 Å². The average Bonchev–Trinajstić information content (AvgIpc) is 2.30. The smallest absolute Gasteiger partial charge is 0.162 e. The van der Waals surface area contributed by atoms with Gasteiger partial charge < -0.3 is 4.74 Å². The molecule has 3 heteroatoms. The molecule has 0 amide bonds. The molecule has 0 aromatic heterocycles. The van der Waals surface area contributed by atoms with Crippen LogP contribution in [0.25, 0.3) is 0 Å². The van der Waals surface area contributed by atoms with E-state index in [4.69, 9.17) is 4.74 Å². The maximum Gasteiger partial charge on any atom is 0.162 e. The Morgan fingerprint density at radius 2 is 2.00 bits per heavy atom. The van der Waals surface area contributed by atoms with E-state index in [1.54, 1.807) is 0 Å². The van der Waals surface area contributed by atoms with E-state index in [1.807, 2.05) is 19.1 Å². The zero-order valence-electron chi connectivity index (χ0n) is 10.3. The first-order valence-corrected chi connectivity index (χ1v) is 6.46. The molecular formula is C14H18O3. The van der Waals surface area contributed by atoms with Crippen LogP contribution < -0.4 is 0 Å². The van der Waals surface area contributed by atoms with Gasteiger partial charge in [-0.3, -0.25) is 9.59 Å². The van der Waals surface area contributed by atoms with E-state index in [-0.39, 0.29) is 53.9 Å². The number of Topliss-reactive ketones (excluding diaryl/α,β-unsaturated/α-hetero) is 2. The Kier molecular flexibility index (Phi) is 2.47. The molecule has 2 aliphatic carbocycles. The molecule has 0 aromatic carbocycles. The van der Waals surface area contributed by atoms with Gasteiger partial charge in [-0.2, -0.15) is 0 Å². The normalized spacial score (nSPS) is 49.1. The minimum absolute atomic E-state index is 0.000185. The number of ketones is 2. The van der Waals surface area contributed by atoms with Crippen molar-refractivity contribution in [3.63, 3.8) is 0 Å². The Morgan fingerprint density at radius 3 is 2.76 bits per heavy atom. The highest BCUT2D eigenvalue weighted by molar-refractivity contribution is 5.90. The van der Waals surface area contributed by atoms with Gasteiger partial charge in [0, 0.05) is 23.7 Å². The van der Waals surface area contributed by atoms with Gasteiger partial charge in [0.15, 0.2) is 5.78 Å². The Bertz CT molecular complexity index is 398. The molecule has 6 atom stereocenters. The highest BCUT2D eigenvalue weighted by Crippen LogP contribution is 2.46. The van der Waals surface area contributed by atoms with E-state index in [0.29, 0.717) is 0 Å². The Morgan fingerprint density at radius 1 is 1.24 bits per heavy atom. The van der Waals surface area contributed by atoms with Crippen LogP contribution in [0, 0.1) is 29.6 Å². The summed E-state index contributed by atoms with van der Waals surface area (Å²) in [7, 11) is 0. The summed E-state index contributed by atoms with van der Waals surface area (Å²) in [5, 5.41) is 0. The minimum Gasteiger partial charge on any atom is -0.370 e. The van der Waals surface area contributed by atoms with Gasteiger partial charge in [0.05, 0.1) is 6.10 Å². The van der Waals surface area contributed by atoms with Crippen molar-refractivity contribution >= 4 is 11.6 Å². The van der Waals surface area contributed by atoms with Crippen molar-refractivity contribution in [3.05, 3.63) is 12.2 Å². The second-order valence-electron chi connectivity index (χ2n) is 5.73. The van der Waals surface area contributed by atoms with Crippen LogP contribution in [-0.4, -0.2) is 24.3 Å². The predicted octanol–water partition coefficient (Wildman–Crippen LogP) is 1.62.